The molecule has 3 nitrogen and oxygen atoms in total. The molecule has 0 aliphatic carbocycles. The zero-order valence-corrected chi connectivity index (χ0v) is 9.96. The molecule has 17 heavy (non-hydrogen) atoms. The molecule has 0 saturated carbocycles. The van der Waals surface area contributed by atoms with Crippen molar-refractivity contribution in [2.75, 3.05) is 5.32 Å². The van der Waals surface area contributed by atoms with E-state index >= 15 is 0 Å². The number of nitrogens with zero attached hydrogens (tertiary/aromatic N) is 1. The van der Waals surface area contributed by atoms with Crippen molar-refractivity contribution in [2.45, 2.75) is 26.7 Å². The van der Waals surface area contributed by atoms with Crippen LogP contribution in [-0.2, 0) is 4.79 Å². The molecule has 0 aromatic heterocycles. The third kappa shape index (κ3) is 3.56. The maximum absolute atomic E-state index is 13.0. The lowest BCUT2D eigenvalue weighted by atomic mass is 10.0. The number of amides is 1. The summed E-state index contributed by atoms with van der Waals surface area (Å²) in [5, 5.41) is 11.5. The van der Waals surface area contributed by atoms with Crippen LogP contribution in [0.3, 0.4) is 0 Å². The van der Waals surface area contributed by atoms with E-state index in [-0.39, 0.29) is 11.7 Å². The van der Waals surface area contributed by atoms with E-state index in [1.165, 1.54) is 12.1 Å². The predicted molar refractivity (Wildman–Crippen MR) is 63.8 cm³/mol. The molecule has 0 radical (unpaired) electrons. The Kier molecular flexibility index (Phi) is 4.65. The topological polar surface area (TPSA) is 52.9 Å². The van der Waals surface area contributed by atoms with Crippen LogP contribution in [0, 0.1) is 30.0 Å². The van der Waals surface area contributed by atoms with Gasteiger partial charge in [0.1, 0.15) is 11.7 Å². The van der Waals surface area contributed by atoms with Crippen molar-refractivity contribution < 1.29 is 9.18 Å². The minimum absolute atomic E-state index is 0.312. The first kappa shape index (κ1) is 13.2. The van der Waals surface area contributed by atoms with E-state index in [1.54, 1.807) is 13.0 Å². The second-order valence-electron chi connectivity index (χ2n) is 3.92. The molecule has 1 unspecified atom stereocenters. The average molecular weight is 234 g/mol. The Morgan fingerprint density at radius 1 is 1.59 bits per heavy atom. The summed E-state index contributed by atoms with van der Waals surface area (Å²) in [6.07, 6.45) is 1.30. The Morgan fingerprint density at radius 3 is 2.82 bits per heavy atom. The summed E-state index contributed by atoms with van der Waals surface area (Å²) >= 11 is 0. The fraction of sp³-hybridized carbons (Fsp3) is 0.385. The van der Waals surface area contributed by atoms with Crippen molar-refractivity contribution >= 4 is 11.6 Å². The number of aryl methyl sites for hydroxylation is 1. The second-order valence-corrected chi connectivity index (χ2v) is 3.92. The predicted octanol–water partition coefficient (Wildman–Crippen LogP) is 3.01. The molecule has 0 bridgehead atoms. The number of anilines is 1. The van der Waals surface area contributed by atoms with Crippen molar-refractivity contribution in [3.63, 3.8) is 0 Å². The van der Waals surface area contributed by atoms with E-state index in [4.69, 9.17) is 5.26 Å². The number of nitrogens with one attached hydrogen (secondary N) is 1. The number of rotatable bonds is 4. The Balaban J connectivity index is 2.74. The van der Waals surface area contributed by atoms with Gasteiger partial charge >= 0.3 is 0 Å². The molecule has 0 fully saturated rings. The highest BCUT2D eigenvalue weighted by molar-refractivity contribution is 5.94. The lowest BCUT2D eigenvalue weighted by Gasteiger charge is -2.09. The average Bonchev–Trinajstić information content (AvgIpc) is 2.30. The molecule has 0 saturated heterocycles. The zero-order chi connectivity index (χ0) is 12.8. The Labute approximate surface area is 100 Å². The van der Waals surface area contributed by atoms with Crippen LogP contribution in [0.5, 0.6) is 0 Å². The number of carbonyl (C=O) groups is 1. The van der Waals surface area contributed by atoms with E-state index in [2.05, 4.69) is 5.32 Å². The van der Waals surface area contributed by atoms with Crippen LogP contribution in [0.15, 0.2) is 18.2 Å². The number of hydrogen-bond donors (Lipinski definition) is 1. The fourth-order valence-corrected chi connectivity index (χ4v) is 1.49. The first-order chi connectivity index (χ1) is 8.08. The van der Waals surface area contributed by atoms with Gasteiger partial charge in [0.25, 0.3) is 0 Å². The van der Waals surface area contributed by atoms with Gasteiger partial charge < -0.3 is 5.32 Å². The highest BCUT2D eigenvalue weighted by Gasteiger charge is 2.16. The molecule has 1 aromatic carbocycles. The highest BCUT2D eigenvalue weighted by Crippen LogP contribution is 2.15. The Bertz CT molecular complexity index is 451. The number of nitriles is 1. The Hall–Kier alpha value is -1.89. The van der Waals surface area contributed by atoms with Gasteiger partial charge in [0.05, 0.1) is 6.07 Å². The standard InChI is InChI=1S/C13H15FN2O/c1-3-4-10(8-15)13(17)16-11-5-6-12(14)9(2)7-11/h5-7,10H,3-4H2,1-2H3,(H,16,17). The molecule has 1 rings (SSSR count). The lowest BCUT2D eigenvalue weighted by molar-refractivity contribution is -0.118. The smallest absolute Gasteiger partial charge is 0.241 e. The van der Waals surface area contributed by atoms with Crippen LogP contribution >= 0.6 is 0 Å². The lowest BCUT2D eigenvalue weighted by Crippen LogP contribution is -2.21. The van der Waals surface area contributed by atoms with Crippen molar-refractivity contribution in [3.05, 3.63) is 29.6 Å². The summed E-state index contributed by atoms with van der Waals surface area (Å²) in [6.45, 7) is 3.54. The maximum atomic E-state index is 13.0. The molecule has 1 atom stereocenters. The van der Waals surface area contributed by atoms with Crippen LogP contribution < -0.4 is 5.32 Å². The van der Waals surface area contributed by atoms with Crippen molar-refractivity contribution in [1.29, 1.82) is 5.26 Å². The summed E-state index contributed by atoms with van der Waals surface area (Å²) in [5.41, 5.74) is 0.983. The molecule has 0 aliphatic rings. The van der Waals surface area contributed by atoms with E-state index < -0.39 is 5.92 Å². The quantitative estimate of drug-likeness (QED) is 0.870. The number of carbonyl (C=O) groups excluding carboxylic acids is 1. The van der Waals surface area contributed by atoms with Crippen LogP contribution in [0.4, 0.5) is 10.1 Å². The highest BCUT2D eigenvalue weighted by atomic mass is 19.1. The summed E-state index contributed by atoms with van der Waals surface area (Å²) in [4.78, 5) is 11.7. The molecule has 90 valence electrons. The molecule has 0 aliphatic heterocycles. The third-order valence-electron chi connectivity index (χ3n) is 2.48. The minimum Gasteiger partial charge on any atom is -0.325 e. The van der Waals surface area contributed by atoms with E-state index in [0.29, 0.717) is 17.7 Å². The summed E-state index contributed by atoms with van der Waals surface area (Å²) in [5.74, 6) is -1.29. The minimum atomic E-state index is -0.648. The number of benzene rings is 1. The molecule has 0 spiro atoms. The molecule has 1 amide bonds. The first-order valence-electron chi connectivity index (χ1n) is 5.55. The van der Waals surface area contributed by atoms with Gasteiger partial charge in [-0.15, -0.1) is 0 Å². The van der Waals surface area contributed by atoms with Crippen LogP contribution in [-0.4, -0.2) is 5.91 Å². The van der Waals surface area contributed by atoms with E-state index in [0.717, 1.165) is 6.42 Å². The normalized spacial score (nSPS) is 11.6. The second kappa shape index (κ2) is 6.00. The van der Waals surface area contributed by atoms with Crippen LogP contribution in [0.2, 0.25) is 0 Å². The van der Waals surface area contributed by atoms with Gasteiger partial charge in [0.15, 0.2) is 0 Å². The summed E-state index contributed by atoms with van der Waals surface area (Å²) in [7, 11) is 0. The largest absolute Gasteiger partial charge is 0.325 e. The first-order valence-corrected chi connectivity index (χ1v) is 5.55. The van der Waals surface area contributed by atoms with E-state index in [9.17, 15) is 9.18 Å². The van der Waals surface area contributed by atoms with Crippen LogP contribution in [0.1, 0.15) is 25.3 Å². The number of halogens is 1. The molecule has 4 heteroatoms. The molecule has 0 heterocycles. The molecular weight excluding hydrogens is 219 g/mol. The van der Waals surface area contributed by atoms with Gasteiger partial charge in [-0.1, -0.05) is 13.3 Å². The summed E-state index contributed by atoms with van der Waals surface area (Å²) in [6, 6.07) is 6.30. The van der Waals surface area contributed by atoms with Crippen molar-refractivity contribution in [3.8, 4) is 6.07 Å². The van der Waals surface area contributed by atoms with E-state index in [1.807, 2.05) is 13.0 Å². The monoisotopic (exact) mass is 234 g/mol. The van der Waals surface area contributed by atoms with Gasteiger partial charge in [-0.05, 0) is 37.1 Å². The van der Waals surface area contributed by atoms with Gasteiger partial charge in [-0.25, -0.2) is 4.39 Å². The molecule has 1 N–H and O–H groups in total. The fourth-order valence-electron chi connectivity index (χ4n) is 1.49. The molecule has 1 aromatic rings. The molecular formula is C13H15FN2O. The zero-order valence-electron chi connectivity index (χ0n) is 9.96. The Morgan fingerprint density at radius 2 is 2.29 bits per heavy atom. The number of hydrogen-bond acceptors (Lipinski definition) is 2. The van der Waals surface area contributed by atoms with Gasteiger partial charge in [-0.2, -0.15) is 5.26 Å². The SMILES string of the molecule is CCCC(C#N)C(=O)Nc1ccc(F)c(C)c1. The maximum Gasteiger partial charge on any atom is 0.241 e. The van der Waals surface area contributed by atoms with Gasteiger partial charge in [-0.3, -0.25) is 4.79 Å². The van der Waals surface area contributed by atoms with Gasteiger partial charge in [0.2, 0.25) is 5.91 Å². The van der Waals surface area contributed by atoms with Crippen molar-refractivity contribution in [2.24, 2.45) is 5.92 Å². The third-order valence-corrected chi connectivity index (χ3v) is 2.48. The van der Waals surface area contributed by atoms with Crippen LogP contribution in [0.25, 0.3) is 0 Å². The van der Waals surface area contributed by atoms with Crippen molar-refractivity contribution in [1.82, 2.24) is 0 Å². The summed E-state index contributed by atoms with van der Waals surface area (Å²) < 4.78 is 13.0. The van der Waals surface area contributed by atoms with Gasteiger partial charge in [0, 0.05) is 5.69 Å².